The average Bonchev–Trinajstić information content (AvgIpc) is 0.853. The zero-order valence-corrected chi connectivity index (χ0v) is 61.8. The smallest absolute Gasteiger partial charge is 0.246 e. The number of allylic oxidation sites excluding steroid dienone is 2. The fraction of sp³-hybridized carbons (Fsp3) is 0.806. The summed E-state index contributed by atoms with van der Waals surface area (Å²) in [5.41, 5.74) is -1.59. The minimum atomic E-state index is -1.66. The van der Waals surface area contributed by atoms with Gasteiger partial charge in [-0.1, -0.05) is 95.2 Å². The highest BCUT2D eigenvalue weighted by Crippen LogP contribution is 2.27. The zero-order valence-electron chi connectivity index (χ0n) is 61.0. The molecule has 1 aliphatic rings. The van der Waals surface area contributed by atoms with Gasteiger partial charge in [0.05, 0.1) is 18.3 Å². The van der Waals surface area contributed by atoms with E-state index in [0.717, 1.165) is 9.80 Å². The van der Waals surface area contributed by atoms with Crippen molar-refractivity contribution in [1.29, 1.82) is 0 Å². The molecule has 0 aliphatic carbocycles. The number of ether oxygens (including phenoxy) is 1. The Hall–Kier alpha value is -5.86. The molecule has 0 saturated carbocycles. The zero-order chi connectivity index (χ0) is 72.0. The first-order chi connectivity index (χ1) is 43.0. The Morgan fingerprint density at radius 2 is 0.957 bits per heavy atom. The second kappa shape index (κ2) is 39.2. The maximum absolute atomic E-state index is 15.3. The molecule has 0 radical (unpaired) electrons. The van der Waals surface area contributed by atoms with Crippen LogP contribution in [-0.4, -0.2) is 262 Å². The van der Waals surface area contributed by atoms with Crippen molar-refractivity contribution in [3.63, 3.8) is 0 Å². The minimum absolute atomic E-state index is 0.0320. The molecule has 1 aliphatic heterocycles. The molecule has 0 aromatic heterocycles. The maximum Gasteiger partial charge on any atom is 0.246 e. The van der Waals surface area contributed by atoms with Gasteiger partial charge in [0, 0.05) is 73.9 Å². The molecule has 1 heterocycles. The van der Waals surface area contributed by atoms with Gasteiger partial charge in [0.25, 0.3) is 0 Å². The number of hydrogen-bond donors (Lipinski definition) is 6. The summed E-state index contributed by atoms with van der Waals surface area (Å²) in [5.74, 6) is -10.0. The number of nitrogens with one attached hydrogen (secondary N) is 4. The molecule has 534 valence electrons. The number of carbonyl (C=O) groups excluding carboxylic acids is 11. The topological polar surface area (TPSA) is 308 Å². The van der Waals surface area contributed by atoms with Gasteiger partial charge in [-0.3, -0.25) is 52.7 Å². The van der Waals surface area contributed by atoms with Crippen molar-refractivity contribution in [2.75, 3.05) is 74.1 Å². The van der Waals surface area contributed by atoms with E-state index in [2.05, 4.69) is 21.3 Å². The Kier molecular flexibility index (Phi) is 35.9. The lowest BCUT2D eigenvalue weighted by Crippen LogP contribution is -2.64. The van der Waals surface area contributed by atoms with Crippen LogP contribution >= 0.6 is 11.8 Å². The number of aliphatic hydroxyl groups is 2. The van der Waals surface area contributed by atoms with Gasteiger partial charge < -0.3 is 70.5 Å². The first-order valence-corrected chi connectivity index (χ1v) is 34.4. The van der Waals surface area contributed by atoms with Crippen LogP contribution in [0.1, 0.15) is 163 Å². The molecule has 1 fully saturated rings. The van der Waals surface area contributed by atoms with Crippen LogP contribution in [0.3, 0.4) is 0 Å². The molecular weight excluding hydrogens is 1210 g/mol. The van der Waals surface area contributed by atoms with E-state index in [0.29, 0.717) is 19.0 Å². The minimum Gasteiger partial charge on any atom is -0.390 e. The van der Waals surface area contributed by atoms with Gasteiger partial charge in [-0.15, -0.1) is 0 Å². The first kappa shape index (κ1) is 85.2. The van der Waals surface area contributed by atoms with Gasteiger partial charge in [0.15, 0.2) is 0 Å². The second-order valence-corrected chi connectivity index (χ2v) is 29.1. The van der Waals surface area contributed by atoms with Crippen molar-refractivity contribution in [2.24, 2.45) is 35.5 Å². The molecule has 25 nitrogen and oxygen atoms in total. The fourth-order valence-electron chi connectivity index (χ4n) is 11.4. The third kappa shape index (κ3) is 25.0. The van der Waals surface area contributed by atoms with E-state index < -0.39 is 161 Å². The van der Waals surface area contributed by atoms with E-state index in [1.165, 1.54) is 113 Å². The molecule has 0 bridgehead atoms. The van der Waals surface area contributed by atoms with E-state index >= 15 is 28.8 Å². The van der Waals surface area contributed by atoms with Gasteiger partial charge in [-0.05, 0) is 109 Å². The van der Waals surface area contributed by atoms with Crippen LogP contribution in [0.5, 0.6) is 0 Å². The van der Waals surface area contributed by atoms with Gasteiger partial charge in [0.1, 0.15) is 66.5 Å². The van der Waals surface area contributed by atoms with Crippen molar-refractivity contribution in [2.45, 2.75) is 241 Å². The highest BCUT2D eigenvalue weighted by Gasteiger charge is 2.47. The van der Waals surface area contributed by atoms with Crippen molar-refractivity contribution in [3.05, 3.63) is 12.2 Å². The van der Waals surface area contributed by atoms with E-state index in [4.69, 9.17) is 4.74 Å². The van der Waals surface area contributed by atoms with Crippen molar-refractivity contribution >= 4 is 76.7 Å². The van der Waals surface area contributed by atoms with Crippen LogP contribution in [0.15, 0.2) is 12.2 Å². The predicted octanol–water partition coefficient (Wildman–Crippen LogP) is 3.52. The molecule has 11 amide bonds. The Morgan fingerprint density at radius 1 is 0.516 bits per heavy atom. The maximum atomic E-state index is 15.3. The van der Waals surface area contributed by atoms with E-state index in [1.807, 2.05) is 48.5 Å². The van der Waals surface area contributed by atoms with Gasteiger partial charge in [-0.2, -0.15) is 11.8 Å². The normalized spacial score (nSPS) is 26.6. The predicted molar refractivity (Wildman–Crippen MR) is 363 cm³/mol. The third-order valence-corrected chi connectivity index (χ3v) is 18.2. The summed E-state index contributed by atoms with van der Waals surface area (Å²) < 4.78 is 5.58. The SMILES string of the molecule is C/C=C/C[C@@H](C)[C@@H](O)[C@H]1C(=O)N[C@@H](CC)C(=O)N(C)[C@H](CSCCOCC)C(=O)N(C)[C@@H](CC(C)(C)O)C(=O)N[C@@H](C(C)C)C(=O)N(C)[C@@H](CC(C)C)C(=O)N[C@@H](C)C(=O)N[C@H](C)C(=O)N(C)[C@@H](CC(C)C)C(=O)N(C)[C@@H](CC(C)C)C(=O)N(C)[C@@H](C(C)C)C(=O)N1C. The molecule has 26 heteroatoms. The van der Waals surface area contributed by atoms with Gasteiger partial charge >= 0.3 is 0 Å². The summed E-state index contributed by atoms with van der Waals surface area (Å²) in [5, 5.41) is 34.6. The number of carbonyl (C=O) groups is 11. The fourth-order valence-corrected chi connectivity index (χ4v) is 12.4. The number of rotatable bonds is 21. The molecular formula is C67H121N11O14S. The standard InChI is InChI=1S/C67H121N11O14S/c1-26-29-30-43(14)55(79)54-59(83)70-46(27-2)61(85)76(23)51(37-93-32-31-92-28-3)64(88)75(22)50(36-67(17,18)91)58(82)71-52(41(10)11)65(89)72(19)47(33-38(4)5)57(81)68-44(15)56(80)69-45(16)60(84)73(20)48(34-39(6)7)62(86)74(21)49(35-40(8)9)63(87)77(24)53(42(12)13)66(90)78(54)25/h26,29,38-55,79,91H,27-28,30-37H2,1-25H3,(H,68,81)(H,69,80)(H,70,83)(H,71,82)/b29-26+/t43-,44+,45-,46+,47+,48+,49+,50+,51-,52+,53+,54+,55-/m1/s1. The molecule has 1 saturated heterocycles. The van der Waals surface area contributed by atoms with Gasteiger partial charge in [0.2, 0.25) is 65.0 Å². The number of amides is 11. The molecule has 0 aromatic carbocycles. The van der Waals surface area contributed by atoms with E-state index in [9.17, 15) is 34.2 Å². The van der Waals surface area contributed by atoms with E-state index in [-0.39, 0.29) is 62.0 Å². The third-order valence-electron chi connectivity index (χ3n) is 17.2. The number of aliphatic hydroxyl groups excluding tert-OH is 1. The number of nitrogens with zero attached hydrogens (tertiary/aromatic N) is 7. The molecule has 1 rings (SSSR count). The largest absolute Gasteiger partial charge is 0.390 e. The lowest BCUT2D eigenvalue weighted by Gasteiger charge is -2.41. The highest BCUT2D eigenvalue weighted by molar-refractivity contribution is 7.99. The molecule has 0 unspecified atom stereocenters. The number of likely N-dealkylation sites (N-methyl/N-ethyl adjacent to an activating group) is 7. The Morgan fingerprint density at radius 3 is 1.43 bits per heavy atom. The molecule has 93 heavy (non-hydrogen) atoms. The highest BCUT2D eigenvalue weighted by atomic mass is 32.2. The summed E-state index contributed by atoms with van der Waals surface area (Å²) in [6, 6.07) is -14.5. The van der Waals surface area contributed by atoms with Crippen molar-refractivity contribution < 1.29 is 67.7 Å². The monoisotopic (exact) mass is 1340 g/mol. The summed E-state index contributed by atoms with van der Waals surface area (Å²) >= 11 is 1.29. The van der Waals surface area contributed by atoms with Crippen molar-refractivity contribution in [1.82, 2.24) is 55.6 Å². The van der Waals surface area contributed by atoms with Crippen LogP contribution in [-0.2, 0) is 57.5 Å². The molecule has 13 atom stereocenters. The summed E-state index contributed by atoms with van der Waals surface area (Å²) in [4.78, 5) is 172. The first-order valence-electron chi connectivity index (χ1n) is 33.2. The van der Waals surface area contributed by atoms with Crippen LogP contribution in [0, 0.1) is 35.5 Å². The number of hydrogen-bond acceptors (Lipinski definition) is 15. The quantitative estimate of drug-likeness (QED) is 0.0708. The summed E-state index contributed by atoms with van der Waals surface area (Å²) in [6.45, 7) is 31.4. The van der Waals surface area contributed by atoms with Crippen LogP contribution in [0.2, 0.25) is 0 Å². The van der Waals surface area contributed by atoms with Crippen LogP contribution in [0.25, 0.3) is 0 Å². The molecule has 0 spiro atoms. The lowest BCUT2D eigenvalue weighted by atomic mass is 9.91. The Labute approximate surface area is 560 Å². The average molecular weight is 1340 g/mol. The van der Waals surface area contributed by atoms with Crippen LogP contribution < -0.4 is 21.3 Å². The molecule has 6 N–H and O–H groups in total. The number of thioether (sulfide) groups is 1. The molecule has 0 aromatic rings. The van der Waals surface area contributed by atoms with Gasteiger partial charge in [-0.25, -0.2) is 0 Å². The lowest BCUT2D eigenvalue weighted by molar-refractivity contribution is -0.157. The Bertz CT molecular complexity index is 2530. The Balaban J connectivity index is 4.56. The summed E-state index contributed by atoms with van der Waals surface area (Å²) in [6.07, 6.45) is 2.31. The van der Waals surface area contributed by atoms with Crippen molar-refractivity contribution in [3.8, 4) is 0 Å². The van der Waals surface area contributed by atoms with E-state index in [1.54, 1.807) is 60.6 Å². The second-order valence-electron chi connectivity index (χ2n) is 28.0. The summed E-state index contributed by atoms with van der Waals surface area (Å²) in [7, 11) is 9.80. The van der Waals surface area contributed by atoms with Crippen LogP contribution in [0.4, 0.5) is 0 Å².